The van der Waals surface area contributed by atoms with Crippen molar-refractivity contribution in [2.75, 3.05) is 13.2 Å². The molecule has 0 N–H and O–H groups in total. The van der Waals surface area contributed by atoms with E-state index in [9.17, 15) is 4.79 Å². The molecule has 1 heterocycles. The molecule has 0 spiro atoms. The van der Waals surface area contributed by atoms with Crippen LogP contribution in [0.5, 0.6) is 5.75 Å². The van der Waals surface area contributed by atoms with E-state index >= 15 is 0 Å². The van der Waals surface area contributed by atoms with Gasteiger partial charge < -0.3 is 9.47 Å². The normalized spacial score (nSPS) is 22.6. The number of hydrogen-bond acceptors (Lipinski definition) is 3. The van der Waals surface area contributed by atoms with Crippen LogP contribution >= 0.6 is 0 Å². The molecule has 98 valence electrons. The van der Waals surface area contributed by atoms with Gasteiger partial charge in [0.1, 0.15) is 5.75 Å². The van der Waals surface area contributed by atoms with Crippen LogP contribution in [0.15, 0.2) is 30.3 Å². The third-order valence-corrected chi connectivity index (χ3v) is 3.06. The van der Waals surface area contributed by atoms with Crippen molar-refractivity contribution < 1.29 is 14.3 Å². The van der Waals surface area contributed by atoms with E-state index in [1.165, 1.54) is 0 Å². The fourth-order valence-corrected chi connectivity index (χ4v) is 1.95. The Morgan fingerprint density at radius 1 is 1.39 bits per heavy atom. The zero-order valence-electron chi connectivity index (χ0n) is 11.1. The van der Waals surface area contributed by atoms with Crippen molar-refractivity contribution in [2.45, 2.75) is 32.4 Å². The zero-order valence-corrected chi connectivity index (χ0v) is 11.1. The van der Waals surface area contributed by atoms with Gasteiger partial charge in [0, 0.05) is 0 Å². The Bertz CT molecular complexity index is 416. The molecule has 1 aromatic carbocycles. The summed E-state index contributed by atoms with van der Waals surface area (Å²) in [6, 6.07) is 9.12. The summed E-state index contributed by atoms with van der Waals surface area (Å²) in [6.45, 7) is 6.99. The van der Waals surface area contributed by atoms with Crippen LogP contribution in [0.4, 0.5) is 4.79 Å². The van der Waals surface area contributed by atoms with Crippen molar-refractivity contribution in [1.29, 1.82) is 0 Å². The maximum Gasteiger partial charge on any atom is 0.415 e. The Morgan fingerprint density at radius 3 is 2.72 bits per heavy atom. The predicted octanol–water partition coefficient (Wildman–Crippen LogP) is 2.68. The number of amides is 1. The van der Waals surface area contributed by atoms with Crippen LogP contribution in [-0.2, 0) is 4.74 Å². The van der Waals surface area contributed by atoms with E-state index in [4.69, 9.17) is 9.47 Å². The number of carbonyl (C=O) groups excluding carboxylic acids is 1. The van der Waals surface area contributed by atoms with Crippen molar-refractivity contribution in [1.82, 2.24) is 4.90 Å². The smallest absolute Gasteiger partial charge is 0.410 e. The van der Waals surface area contributed by atoms with E-state index in [-0.39, 0.29) is 17.7 Å². The number of ether oxygens (including phenoxy) is 2. The quantitative estimate of drug-likeness (QED) is 0.768. The van der Waals surface area contributed by atoms with Crippen LogP contribution in [0, 0.1) is 0 Å². The summed E-state index contributed by atoms with van der Waals surface area (Å²) in [5, 5.41) is 0. The molecule has 1 aliphatic rings. The second-order valence-corrected chi connectivity index (χ2v) is 5.23. The number of benzene rings is 1. The number of rotatable bonds is 1. The second kappa shape index (κ2) is 4.98. The summed E-state index contributed by atoms with van der Waals surface area (Å²) in [7, 11) is 0. The fourth-order valence-electron chi connectivity index (χ4n) is 1.95. The zero-order chi connectivity index (χ0) is 13.2. The van der Waals surface area contributed by atoms with Gasteiger partial charge in [0.05, 0.1) is 24.8 Å². The molecule has 0 aromatic heterocycles. The van der Waals surface area contributed by atoms with E-state index in [0.29, 0.717) is 18.9 Å². The Kier molecular flexibility index (Phi) is 3.57. The minimum atomic E-state index is -0.335. The van der Waals surface area contributed by atoms with Crippen LogP contribution in [0.25, 0.3) is 0 Å². The van der Waals surface area contributed by atoms with Crippen molar-refractivity contribution in [3.8, 4) is 5.75 Å². The Balaban J connectivity index is 2.07. The molecule has 4 nitrogen and oxygen atoms in total. The van der Waals surface area contributed by atoms with E-state index in [1.54, 1.807) is 17.0 Å². The maximum atomic E-state index is 12.2. The SMILES string of the molecule is CC1CN(C(=O)Oc2ccccc2)C(C)(C)CO1. The molecular formula is C14H19NO3. The van der Waals surface area contributed by atoms with E-state index < -0.39 is 0 Å². The molecule has 1 aliphatic heterocycles. The summed E-state index contributed by atoms with van der Waals surface area (Å²) in [6.07, 6.45) is -0.275. The highest BCUT2D eigenvalue weighted by atomic mass is 16.6. The van der Waals surface area contributed by atoms with Crippen molar-refractivity contribution in [3.05, 3.63) is 30.3 Å². The highest BCUT2D eigenvalue weighted by molar-refractivity contribution is 5.71. The molecule has 2 rings (SSSR count). The standard InChI is InChI=1S/C14H19NO3/c1-11-9-15(14(2,3)10-17-11)13(16)18-12-7-5-4-6-8-12/h4-8,11H,9-10H2,1-3H3. The largest absolute Gasteiger partial charge is 0.415 e. The molecule has 1 unspecified atom stereocenters. The summed E-state index contributed by atoms with van der Waals surface area (Å²) in [5.41, 5.74) is -0.335. The highest BCUT2D eigenvalue weighted by Crippen LogP contribution is 2.23. The number of morpholine rings is 1. The molecule has 0 aliphatic carbocycles. The van der Waals surface area contributed by atoms with Gasteiger partial charge in [-0.25, -0.2) is 4.79 Å². The minimum absolute atomic E-state index is 0.0429. The first-order valence-electron chi connectivity index (χ1n) is 6.15. The number of para-hydroxylation sites is 1. The number of carbonyl (C=O) groups is 1. The van der Waals surface area contributed by atoms with E-state index in [0.717, 1.165) is 0 Å². The number of nitrogens with zero attached hydrogens (tertiary/aromatic N) is 1. The van der Waals surface area contributed by atoms with Gasteiger partial charge in [0.2, 0.25) is 0 Å². The first-order chi connectivity index (χ1) is 8.49. The second-order valence-electron chi connectivity index (χ2n) is 5.23. The first kappa shape index (κ1) is 12.9. The topological polar surface area (TPSA) is 38.8 Å². The van der Waals surface area contributed by atoms with Crippen molar-refractivity contribution in [3.63, 3.8) is 0 Å². The molecule has 0 saturated carbocycles. The van der Waals surface area contributed by atoms with Crippen LogP contribution in [-0.4, -0.2) is 35.8 Å². The summed E-state index contributed by atoms with van der Waals surface area (Å²) in [4.78, 5) is 13.9. The average molecular weight is 249 g/mol. The van der Waals surface area contributed by atoms with Gasteiger partial charge in [-0.2, -0.15) is 0 Å². The highest BCUT2D eigenvalue weighted by Gasteiger charge is 2.37. The monoisotopic (exact) mass is 249 g/mol. The van der Waals surface area contributed by atoms with Crippen LogP contribution < -0.4 is 4.74 Å². The molecule has 0 bridgehead atoms. The average Bonchev–Trinajstić information content (AvgIpc) is 2.33. The molecule has 1 fully saturated rings. The Labute approximate surface area is 107 Å². The summed E-state index contributed by atoms with van der Waals surface area (Å²) < 4.78 is 10.9. The van der Waals surface area contributed by atoms with Crippen LogP contribution in [0.1, 0.15) is 20.8 Å². The minimum Gasteiger partial charge on any atom is -0.410 e. The summed E-state index contributed by atoms with van der Waals surface area (Å²) in [5.74, 6) is 0.567. The molecule has 0 radical (unpaired) electrons. The van der Waals surface area contributed by atoms with Crippen molar-refractivity contribution >= 4 is 6.09 Å². The molecule has 4 heteroatoms. The van der Waals surface area contributed by atoms with Gasteiger partial charge >= 0.3 is 6.09 Å². The van der Waals surface area contributed by atoms with Crippen LogP contribution in [0.3, 0.4) is 0 Å². The lowest BCUT2D eigenvalue weighted by atomic mass is 10.0. The Morgan fingerprint density at radius 2 is 2.06 bits per heavy atom. The molecule has 1 aromatic rings. The van der Waals surface area contributed by atoms with Gasteiger partial charge in [0.25, 0.3) is 0 Å². The Hall–Kier alpha value is -1.55. The van der Waals surface area contributed by atoms with E-state index in [1.807, 2.05) is 39.0 Å². The lowest BCUT2D eigenvalue weighted by Crippen LogP contribution is -2.58. The third-order valence-electron chi connectivity index (χ3n) is 3.06. The van der Waals surface area contributed by atoms with Gasteiger partial charge in [-0.3, -0.25) is 4.90 Å². The lowest BCUT2D eigenvalue weighted by molar-refractivity contribution is -0.0771. The molecular weight excluding hydrogens is 230 g/mol. The maximum absolute atomic E-state index is 12.2. The van der Waals surface area contributed by atoms with Gasteiger partial charge in [-0.05, 0) is 32.9 Å². The van der Waals surface area contributed by atoms with Crippen molar-refractivity contribution in [2.24, 2.45) is 0 Å². The van der Waals surface area contributed by atoms with Gasteiger partial charge in [-0.1, -0.05) is 18.2 Å². The third kappa shape index (κ3) is 2.82. The molecule has 18 heavy (non-hydrogen) atoms. The van der Waals surface area contributed by atoms with Crippen LogP contribution in [0.2, 0.25) is 0 Å². The van der Waals surface area contributed by atoms with E-state index in [2.05, 4.69) is 0 Å². The number of hydrogen-bond donors (Lipinski definition) is 0. The first-order valence-corrected chi connectivity index (χ1v) is 6.15. The molecule has 1 saturated heterocycles. The molecule has 1 amide bonds. The summed E-state index contributed by atoms with van der Waals surface area (Å²) >= 11 is 0. The predicted molar refractivity (Wildman–Crippen MR) is 68.7 cm³/mol. The van der Waals surface area contributed by atoms with Gasteiger partial charge in [0.15, 0.2) is 0 Å². The fraction of sp³-hybridized carbons (Fsp3) is 0.500. The molecule has 1 atom stereocenters. The van der Waals surface area contributed by atoms with Gasteiger partial charge in [-0.15, -0.1) is 0 Å². The lowest BCUT2D eigenvalue weighted by Gasteiger charge is -2.43.